The average molecular weight is 127 g/mol. The summed E-state index contributed by atoms with van der Waals surface area (Å²) >= 11 is 0. The Kier molecular flexibility index (Phi) is 1.38. The van der Waals surface area contributed by atoms with Gasteiger partial charge in [0.25, 0.3) is 0 Å². The molecule has 0 fully saturated rings. The largest absolute Gasteiger partial charge is 0.369 e. The lowest BCUT2D eigenvalue weighted by atomic mass is 9.97. The molecule has 1 unspecified atom stereocenters. The lowest BCUT2D eigenvalue weighted by Gasteiger charge is -2.21. The smallest absolute Gasteiger partial charge is 0.183 e. The molecule has 50 valence electrons. The number of aliphatic hydroxyl groups is 1. The summed E-state index contributed by atoms with van der Waals surface area (Å²) in [6, 6.07) is 0. The zero-order chi connectivity index (χ0) is 6.91. The summed E-state index contributed by atoms with van der Waals surface area (Å²) in [5.74, 6) is -0.301. The molecule has 1 atom stereocenters. The van der Waals surface area contributed by atoms with Gasteiger partial charge < -0.3 is 5.11 Å². The monoisotopic (exact) mass is 127 g/mol. The molecule has 0 saturated heterocycles. The quantitative estimate of drug-likeness (QED) is 0.342. The van der Waals surface area contributed by atoms with E-state index in [2.05, 4.69) is 0 Å². The number of nitrogens with two attached hydrogens (primary N) is 1. The van der Waals surface area contributed by atoms with Crippen molar-refractivity contribution in [1.82, 2.24) is 0 Å². The SMILES string of the molecule is NC1(O)CC=CCC1=O. The van der Waals surface area contributed by atoms with Crippen LogP contribution in [0.1, 0.15) is 12.8 Å². The molecule has 0 bridgehead atoms. The van der Waals surface area contributed by atoms with Gasteiger partial charge in [-0.15, -0.1) is 0 Å². The standard InChI is InChI=1S/C6H9NO2/c7-6(9)4-2-1-3-5(6)8/h1-2,9H,3-4,7H2. The normalized spacial score (nSPS) is 35.1. The van der Waals surface area contributed by atoms with E-state index in [0.29, 0.717) is 0 Å². The summed E-state index contributed by atoms with van der Waals surface area (Å²) in [6.07, 6.45) is 3.92. The number of carbonyl (C=O) groups excluding carboxylic acids is 1. The van der Waals surface area contributed by atoms with Crippen LogP contribution < -0.4 is 5.73 Å². The van der Waals surface area contributed by atoms with E-state index in [4.69, 9.17) is 10.8 Å². The van der Waals surface area contributed by atoms with Crippen molar-refractivity contribution in [1.29, 1.82) is 0 Å². The van der Waals surface area contributed by atoms with E-state index in [1.54, 1.807) is 12.2 Å². The van der Waals surface area contributed by atoms with Crippen molar-refractivity contribution in [2.24, 2.45) is 5.73 Å². The van der Waals surface area contributed by atoms with Crippen LogP contribution in [-0.2, 0) is 4.79 Å². The van der Waals surface area contributed by atoms with Crippen molar-refractivity contribution >= 4 is 5.78 Å². The van der Waals surface area contributed by atoms with Crippen LogP contribution in [0.25, 0.3) is 0 Å². The number of ketones is 1. The Morgan fingerprint density at radius 3 is 2.67 bits per heavy atom. The fraction of sp³-hybridized carbons (Fsp3) is 0.500. The molecular weight excluding hydrogens is 118 g/mol. The summed E-state index contributed by atoms with van der Waals surface area (Å²) < 4.78 is 0. The molecule has 3 heteroatoms. The second kappa shape index (κ2) is 1.93. The Labute approximate surface area is 53.2 Å². The maximum absolute atomic E-state index is 10.7. The maximum atomic E-state index is 10.7. The Morgan fingerprint density at radius 1 is 1.67 bits per heavy atom. The zero-order valence-corrected chi connectivity index (χ0v) is 5.00. The van der Waals surface area contributed by atoms with Gasteiger partial charge in [0.1, 0.15) is 0 Å². The summed E-state index contributed by atoms with van der Waals surface area (Å²) in [4.78, 5) is 10.7. The molecule has 1 aliphatic rings. The van der Waals surface area contributed by atoms with Gasteiger partial charge in [-0.1, -0.05) is 12.2 Å². The molecule has 0 aromatic rings. The van der Waals surface area contributed by atoms with Crippen molar-refractivity contribution in [3.8, 4) is 0 Å². The van der Waals surface area contributed by atoms with Gasteiger partial charge in [0.15, 0.2) is 11.5 Å². The minimum Gasteiger partial charge on any atom is -0.369 e. The summed E-state index contributed by atoms with van der Waals surface area (Å²) in [5, 5.41) is 9.02. The molecule has 0 aromatic heterocycles. The molecule has 1 rings (SSSR count). The van der Waals surface area contributed by atoms with E-state index < -0.39 is 5.72 Å². The Bertz CT molecular complexity index is 160. The number of rotatable bonds is 0. The highest BCUT2D eigenvalue weighted by Gasteiger charge is 2.30. The number of hydrogen-bond donors (Lipinski definition) is 2. The number of hydrogen-bond acceptors (Lipinski definition) is 3. The maximum Gasteiger partial charge on any atom is 0.183 e. The van der Waals surface area contributed by atoms with Gasteiger partial charge >= 0.3 is 0 Å². The molecule has 0 radical (unpaired) electrons. The van der Waals surface area contributed by atoms with Gasteiger partial charge in [-0.2, -0.15) is 0 Å². The van der Waals surface area contributed by atoms with Crippen molar-refractivity contribution in [3.05, 3.63) is 12.2 Å². The predicted molar refractivity (Wildman–Crippen MR) is 32.5 cm³/mol. The van der Waals surface area contributed by atoms with E-state index in [9.17, 15) is 4.79 Å². The third-order valence-electron chi connectivity index (χ3n) is 1.38. The van der Waals surface area contributed by atoms with E-state index in [1.165, 1.54) is 0 Å². The molecule has 0 aromatic carbocycles. The third-order valence-corrected chi connectivity index (χ3v) is 1.38. The molecule has 1 aliphatic carbocycles. The van der Waals surface area contributed by atoms with Crippen LogP contribution in [-0.4, -0.2) is 16.6 Å². The van der Waals surface area contributed by atoms with Gasteiger partial charge in [0, 0.05) is 12.8 Å². The van der Waals surface area contributed by atoms with Gasteiger partial charge in [-0.05, 0) is 0 Å². The van der Waals surface area contributed by atoms with Crippen LogP contribution >= 0.6 is 0 Å². The van der Waals surface area contributed by atoms with Crippen molar-refractivity contribution in [3.63, 3.8) is 0 Å². The zero-order valence-electron chi connectivity index (χ0n) is 5.00. The van der Waals surface area contributed by atoms with Crippen molar-refractivity contribution in [2.75, 3.05) is 0 Å². The van der Waals surface area contributed by atoms with E-state index in [-0.39, 0.29) is 18.6 Å². The highest BCUT2D eigenvalue weighted by molar-refractivity contribution is 5.88. The van der Waals surface area contributed by atoms with E-state index in [0.717, 1.165) is 0 Å². The van der Waals surface area contributed by atoms with Crippen LogP contribution in [0.15, 0.2) is 12.2 Å². The first-order valence-electron chi connectivity index (χ1n) is 2.82. The van der Waals surface area contributed by atoms with Gasteiger partial charge in [-0.25, -0.2) is 0 Å². The lowest BCUT2D eigenvalue weighted by Crippen LogP contribution is -2.48. The fourth-order valence-electron chi connectivity index (χ4n) is 0.744. The Morgan fingerprint density at radius 2 is 2.33 bits per heavy atom. The van der Waals surface area contributed by atoms with Crippen molar-refractivity contribution in [2.45, 2.75) is 18.6 Å². The number of Topliss-reactive ketones (excluding diaryl/α,β-unsaturated/α-hetero) is 1. The summed E-state index contributed by atoms with van der Waals surface area (Å²) in [5.41, 5.74) is 3.59. The van der Waals surface area contributed by atoms with E-state index in [1.807, 2.05) is 0 Å². The molecular formula is C6H9NO2. The predicted octanol–water partition coefficient (Wildman–Crippen LogP) is -0.447. The number of allylic oxidation sites excluding steroid dienone is 1. The van der Waals surface area contributed by atoms with Crippen LogP contribution in [0, 0.1) is 0 Å². The van der Waals surface area contributed by atoms with Crippen LogP contribution in [0.2, 0.25) is 0 Å². The third kappa shape index (κ3) is 1.17. The van der Waals surface area contributed by atoms with Gasteiger partial charge in [0.05, 0.1) is 0 Å². The molecule has 0 aliphatic heterocycles. The highest BCUT2D eigenvalue weighted by atomic mass is 16.3. The molecule has 0 heterocycles. The molecule has 0 saturated carbocycles. The fourth-order valence-corrected chi connectivity index (χ4v) is 0.744. The van der Waals surface area contributed by atoms with Crippen LogP contribution in [0.3, 0.4) is 0 Å². The Hall–Kier alpha value is -0.670. The highest BCUT2D eigenvalue weighted by Crippen LogP contribution is 2.12. The van der Waals surface area contributed by atoms with Gasteiger partial charge in [0.2, 0.25) is 0 Å². The lowest BCUT2D eigenvalue weighted by molar-refractivity contribution is -0.136. The first-order valence-corrected chi connectivity index (χ1v) is 2.82. The molecule has 0 amide bonds. The minimum absolute atomic E-state index is 0.242. The van der Waals surface area contributed by atoms with E-state index >= 15 is 0 Å². The second-order valence-corrected chi connectivity index (χ2v) is 2.23. The summed E-state index contributed by atoms with van der Waals surface area (Å²) in [7, 11) is 0. The molecule has 3 nitrogen and oxygen atoms in total. The van der Waals surface area contributed by atoms with Crippen LogP contribution in [0.4, 0.5) is 0 Å². The second-order valence-electron chi connectivity index (χ2n) is 2.23. The topological polar surface area (TPSA) is 63.3 Å². The van der Waals surface area contributed by atoms with Crippen LogP contribution in [0.5, 0.6) is 0 Å². The average Bonchev–Trinajstić information content (AvgIpc) is 1.77. The van der Waals surface area contributed by atoms with Crippen molar-refractivity contribution < 1.29 is 9.90 Å². The Balaban J connectivity index is 2.76. The molecule has 0 spiro atoms. The molecule has 9 heavy (non-hydrogen) atoms. The minimum atomic E-state index is -1.59. The summed E-state index contributed by atoms with van der Waals surface area (Å²) in [6.45, 7) is 0. The first kappa shape index (κ1) is 6.45. The first-order chi connectivity index (χ1) is 4.13. The molecule has 3 N–H and O–H groups in total. The number of carbonyl (C=O) groups is 1. The van der Waals surface area contributed by atoms with Gasteiger partial charge in [-0.3, -0.25) is 10.5 Å².